The molecule has 0 saturated heterocycles. The lowest BCUT2D eigenvalue weighted by Crippen LogP contribution is -2.37. The molecule has 1 nitrogen and oxygen atoms in total. The molecule has 0 spiro atoms. The Balaban J connectivity index is 1.74. The van der Waals surface area contributed by atoms with Crippen LogP contribution in [0.1, 0.15) is 64.7 Å². The van der Waals surface area contributed by atoms with Gasteiger partial charge < -0.3 is 5.32 Å². The van der Waals surface area contributed by atoms with E-state index in [1.165, 1.54) is 57.8 Å². The quantitative estimate of drug-likeness (QED) is 0.703. The van der Waals surface area contributed by atoms with Crippen LogP contribution in [-0.2, 0) is 0 Å². The molecule has 1 atom stereocenters. The van der Waals surface area contributed by atoms with Gasteiger partial charge in [0.1, 0.15) is 0 Å². The van der Waals surface area contributed by atoms with E-state index in [4.69, 9.17) is 0 Å². The van der Waals surface area contributed by atoms with Crippen molar-refractivity contribution in [3.63, 3.8) is 0 Å². The first-order valence-corrected chi connectivity index (χ1v) is 7.13. The van der Waals surface area contributed by atoms with Crippen LogP contribution in [0.15, 0.2) is 0 Å². The Labute approximate surface area is 95.0 Å². The summed E-state index contributed by atoms with van der Waals surface area (Å²) in [6.07, 6.45) is 13.4. The van der Waals surface area contributed by atoms with Gasteiger partial charge in [-0.2, -0.15) is 0 Å². The molecule has 15 heavy (non-hydrogen) atoms. The van der Waals surface area contributed by atoms with E-state index in [1.807, 2.05) is 0 Å². The van der Waals surface area contributed by atoms with Crippen molar-refractivity contribution in [1.82, 2.24) is 5.32 Å². The largest absolute Gasteiger partial charge is 0.314 e. The van der Waals surface area contributed by atoms with Crippen LogP contribution >= 0.6 is 0 Å². The van der Waals surface area contributed by atoms with Gasteiger partial charge in [-0.05, 0) is 44.1 Å². The number of rotatable bonds is 6. The first-order chi connectivity index (χ1) is 7.40. The zero-order valence-corrected chi connectivity index (χ0v) is 10.3. The lowest BCUT2D eigenvalue weighted by atomic mass is 9.82. The van der Waals surface area contributed by atoms with E-state index in [2.05, 4.69) is 12.2 Å². The average molecular weight is 209 g/mol. The van der Waals surface area contributed by atoms with Crippen molar-refractivity contribution in [3.05, 3.63) is 0 Å². The Hall–Kier alpha value is -0.0400. The van der Waals surface area contributed by atoms with Gasteiger partial charge in [-0.15, -0.1) is 0 Å². The molecule has 1 heteroatoms. The van der Waals surface area contributed by atoms with Gasteiger partial charge in [0, 0.05) is 6.04 Å². The predicted octanol–water partition coefficient (Wildman–Crippen LogP) is 3.74. The average Bonchev–Trinajstić information content (AvgIpc) is 3.09. The van der Waals surface area contributed by atoms with Gasteiger partial charge in [0.25, 0.3) is 0 Å². The van der Waals surface area contributed by atoms with Crippen LogP contribution in [0.25, 0.3) is 0 Å². The van der Waals surface area contributed by atoms with Crippen molar-refractivity contribution < 1.29 is 0 Å². The Kier molecular flexibility index (Phi) is 4.49. The number of hydrogen-bond acceptors (Lipinski definition) is 1. The molecule has 2 aliphatic carbocycles. The van der Waals surface area contributed by atoms with Crippen molar-refractivity contribution in [1.29, 1.82) is 0 Å². The second-order valence-corrected chi connectivity index (χ2v) is 5.58. The zero-order chi connectivity index (χ0) is 10.5. The third-order valence-corrected chi connectivity index (χ3v) is 4.27. The molecule has 2 aliphatic rings. The van der Waals surface area contributed by atoms with Gasteiger partial charge in [0.05, 0.1) is 0 Å². The first-order valence-electron chi connectivity index (χ1n) is 7.13. The summed E-state index contributed by atoms with van der Waals surface area (Å²) in [5.41, 5.74) is 0. The van der Waals surface area contributed by atoms with Crippen LogP contribution in [0, 0.1) is 11.8 Å². The zero-order valence-electron chi connectivity index (χ0n) is 10.3. The molecule has 0 amide bonds. The Morgan fingerprint density at radius 2 is 1.80 bits per heavy atom. The van der Waals surface area contributed by atoms with Crippen LogP contribution in [0.3, 0.4) is 0 Å². The smallest absolute Gasteiger partial charge is 0.00953 e. The summed E-state index contributed by atoms with van der Waals surface area (Å²) in [7, 11) is 0. The Bertz CT molecular complexity index is 168. The first kappa shape index (κ1) is 11.4. The molecule has 0 aromatic heterocycles. The molecule has 1 unspecified atom stereocenters. The Morgan fingerprint density at radius 1 is 1.07 bits per heavy atom. The number of nitrogens with one attached hydrogen (secondary N) is 1. The summed E-state index contributed by atoms with van der Waals surface area (Å²) in [4.78, 5) is 0. The van der Waals surface area contributed by atoms with Gasteiger partial charge in [0.2, 0.25) is 0 Å². The minimum atomic E-state index is 0.843. The fourth-order valence-corrected chi connectivity index (χ4v) is 3.12. The highest BCUT2D eigenvalue weighted by Crippen LogP contribution is 2.36. The topological polar surface area (TPSA) is 12.0 Å². The molecule has 2 rings (SSSR count). The highest BCUT2D eigenvalue weighted by molar-refractivity contribution is 4.82. The molecule has 0 radical (unpaired) electrons. The molecule has 0 bridgehead atoms. The minimum absolute atomic E-state index is 0.843. The van der Waals surface area contributed by atoms with E-state index in [0.29, 0.717) is 0 Å². The second kappa shape index (κ2) is 5.89. The third-order valence-electron chi connectivity index (χ3n) is 4.27. The van der Waals surface area contributed by atoms with Crippen molar-refractivity contribution in [2.75, 3.05) is 6.54 Å². The molecule has 0 heterocycles. The highest BCUT2D eigenvalue weighted by Gasteiger charge is 2.26. The van der Waals surface area contributed by atoms with Gasteiger partial charge >= 0.3 is 0 Å². The van der Waals surface area contributed by atoms with Crippen molar-refractivity contribution in [3.8, 4) is 0 Å². The molecular weight excluding hydrogens is 182 g/mol. The van der Waals surface area contributed by atoms with Crippen LogP contribution in [0.2, 0.25) is 0 Å². The fourth-order valence-electron chi connectivity index (χ4n) is 3.12. The van der Waals surface area contributed by atoms with Crippen LogP contribution in [0.4, 0.5) is 0 Å². The van der Waals surface area contributed by atoms with E-state index in [0.717, 1.165) is 24.4 Å². The summed E-state index contributed by atoms with van der Waals surface area (Å²) in [6, 6.07) is 0.843. The van der Waals surface area contributed by atoms with E-state index in [1.54, 1.807) is 0 Å². The summed E-state index contributed by atoms with van der Waals surface area (Å²) in [6.45, 7) is 3.42. The maximum Gasteiger partial charge on any atom is 0.00953 e. The summed E-state index contributed by atoms with van der Waals surface area (Å²) in [5.74, 6) is 2.10. The Morgan fingerprint density at radius 3 is 2.40 bits per heavy atom. The van der Waals surface area contributed by atoms with Gasteiger partial charge in [-0.25, -0.2) is 0 Å². The third kappa shape index (κ3) is 3.79. The standard InChI is InChI=1S/C14H27N/c1-2-15-14(11-10-12-8-9-12)13-6-4-3-5-7-13/h12-15H,2-11H2,1H3. The van der Waals surface area contributed by atoms with E-state index >= 15 is 0 Å². The molecule has 0 aliphatic heterocycles. The summed E-state index contributed by atoms with van der Waals surface area (Å²) < 4.78 is 0. The second-order valence-electron chi connectivity index (χ2n) is 5.58. The molecule has 2 saturated carbocycles. The molecule has 0 aromatic rings. The van der Waals surface area contributed by atoms with Crippen molar-refractivity contribution in [2.24, 2.45) is 11.8 Å². The maximum absolute atomic E-state index is 3.74. The monoisotopic (exact) mass is 209 g/mol. The van der Waals surface area contributed by atoms with Crippen molar-refractivity contribution in [2.45, 2.75) is 70.8 Å². The normalized spacial score (nSPS) is 25.4. The molecular formula is C14H27N. The van der Waals surface area contributed by atoms with Gasteiger partial charge in [-0.1, -0.05) is 39.0 Å². The van der Waals surface area contributed by atoms with Crippen LogP contribution in [-0.4, -0.2) is 12.6 Å². The van der Waals surface area contributed by atoms with Gasteiger partial charge in [-0.3, -0.25) is 0 Å². The van der Waals surface area contributed by atoms with E-state index in [9.17, 15) is 0 Å². The minimum Gasteiger partial charge on any atom is -0.314 e. The highest BCUT2D eigenvalue weighted by atomic mass is 14.9. The van der Waals surface area contributed by atoms with Crippen LogP contribution in [0.5, 0.6) is 0 Å². The lowest BCUT2D eigenvalue weighted by molar-refractivity contribution is 0.255. The molecule has 88 valence electrons. The van der Waals surface area contributed by atoms with Crippen LogP contribution < -0.4 is 5.32 Å². The van der Waals surface area contributed by atoms with E-state index < -0.39 is 0 Å². The predicted molar refractivity (Wildman–Crippen MR) is 66.0 cm³/mol. The van der Waals surface area contributed by atoms with Crippen molar-refractivity contribution >= 4 is 0 Å². The molecule has 1 N–H and O–H groups in total. The summed E-state index contributed by atoms with van der Waals surface area (Å²) >= 11 is 0. The SMILES string of the molecule is CCNC(CCC1CC1)C1CCCCC1. The lowest BCUT2D eigenvalue weighted by Gasteiger charge is -2.31. The molecule has 0 aromatic carbocycles. The molecule has 2 fully saturated rings. The number of hydrogen-bond donors (Lipinski definition) is 1. The van der Waals surface area contributed by atoms with E-state index in [-0.39, 0.29) is 0 Å². The fraction of sp³-hybridized carbons (Fsp3) is 1.00. The van der Waals surface area contributed by atoms with Gasteiger partial charge in [0.15, 0.2) is 0 Å². The maximum atomic E-state index is 3.74. The summed E-state index contributed by atoms with van der Waals surface area (Å²) in [5, 5.41) is 3.74.